The molecule has 0 aliphatic carbocycles. The maximum Gasteiger partial charge on any atom is 0.260 e. The van der Waals surface area contributed by atoms with Crippen molar-refractivity contribution < 1.29 is 13.2 Å². The van der Waals surface area contributed by atoms with E-state index in [2.05, 4.69) is 19.9 Å². The number of fused-ring (bicyclic) bond motifs is 1. The van der Waals surface area contributed by atoms with Gasteiger partial charge >= 0.3 is 0 Å². The molecule has 2 aliphatic rings. The van der Waals surface area contributed by atoms with Crippen molar-refractivity contribution in [2.75, 3.05) is 19.8 Å². The molecule has 0 N–H and O–H groups in total. The normalized spacial score (nSPS) is 22.5. The number of hydrogen-bond acceptors (Lipinski definition) is 6. The highest BCUT2D eigenvalue weighted by molar-refractivity contribution is 7.89. The summed E-state index contributed by atoms with van der Waals surface area (Å²) >= 11 is 0. The summed E-state index contributed by atoms with van der Waals surface area (Å²) in [7, 11) is -1.99. The Bertz CT molecular complexity index is 893. The fraction of sp³-hybridized carbons (Fsp3) is 0.688. The zero-order valence-corrected chi connectivity index (χ0v) is 16.1. The van der Waals surface area contributed by atoms with Gasteiger partial charge in [0, 0.05) is 44.3 Å². The number of sulfonamides is 1. The van der Waals surface area contributed by atoms with Crippen molar-refractivity contribution in [3.05, 3.63) is 23.4 Å². The van der Waals surface area contributed by atoms with Crippen molar-refractivity contribution in [1.29, 1.82) is 0 Å². The molecule has 0 aromatic carbocycles. The van der Waals surface area contributed by atoms with E-state index in [0.29, 0.717) is 23.9 Å². The summed E-state index contributed by atoms with van der Waals surface area (Å²) in [6.45, 7) is 5.89. The lowest BCUT2D eigenvalue weighted by Crippen LogP contribution is -2.41. The lowest BCUT2D eigenvalue weighted by Gasteiger charge is -2.33. The quantitative estimate of drug-likeness (QED) is 0.788. The topological polar surface area (TPSA) is 95.1 Å². The SMILES string of the molecule is Cc1cnn(C)c1S(=O)(=O)N1Cc2nnc(C3CCOCC3)n2[C@@H](C)C1. The zero-order valence-electron chi connectivity index (χ0n) is 15.3. The zero-order chi connectivity index (χ0) is 18.5. The molecule has 1 atom stereocenters. The van der Waals surface area contributed by atoms with E-state index in [4.69, 9.17) is 4.74 Å². The molecule has 9 nitrogen and oxygen atoms in total. The van der Waals surface area contributed by atoms with Crippen molar-refractivity contribution in [1.82, 2.24) is 28.9 Å². The Labute approximate surface area is 153 Å². The van der Waals surface area contributed by atoms with Gasteiger partial charge in [-0.3, -0.25) is 4.68 Å². The van der Waals surface area contributed by atoms with Crippen LogP contribution >= 0.6 is 0 Å². The Hall–Kier alpha value is -1.78. The third kappa shape index (κ3) is 2.76. The molecular weight excluding hydrogens is 356 g/mol. The Morgan fingerprint density at radius 2 is 1.96 bits per heavy atom. The van der Waals surface area contributed by atoms with E-state index in [0.717, 1.165) is 31.9 Å². The van der Waals surface area contributed by atoms with Gasteiger partial charge in [0.1, 0.15) is 11.6 Å². The number of nitrogens with zero attached hydrogens (tertiary/aromatic N) is 6. The first-order chi connectivity index (χ1) is 12.4. The third-order valence-corrected chi connectivity index (χ3v) is 7.28. The Morgan fingerprint density at radius 1 is 1.23 bits per heavy atom. The van der Waals surface area contributed by atoms with Crippen molar-refractivity contribution >= 4 is 10.0 Å². The summed E-state index contributed by atoms with van der Waals surface area (Å²) in [6.07, 6.45) is 3.44. The van der Waals surface area contributed by atoms with E-state index in [-0.39, 0.29) is 17.6 Å². The van der Waals surface area contributed by atoms with Gasteiger partial charge in [-0.1, -0.05) is 0 Å². The molecule has 0 unspecified atom stereocenters. The lowest BCUT2D eigenvalue weighted by molar-refractivity contribution is 0.0820. The third-order valence-electron chi connectivity index (χ3n) is 5.25. The van der Waals surface area contributed by atoms with E-state index in [9.17, 15) is 8.42 Å². The number of aryl methyl sites for hydroxylation is 2. The van der Waals surface area contributed by atoms with Crippen LogP contribution in [0.2, 0.25) is 0 Å². The molecule has 0 bridgehead atoms. The molecule has 10 heteroatoms. The maximum atomic E-state index is 13.1. The smallest absolute Gasteiger partial charge is 0.260 e. The molecule has 4 heterocycles. The molecule has 26 heavy (non-hydrogen) atoms. The highest BCUT2D eigenvalue weighted by Gasteiger charge is 2.37. The fourth-order valence-corrected chi connectivity index (χ4v) is 5.75. The first-order valence-electron chi connectivity index (χ1n) is 8.89. The highest BCUT2D eigenvalue weighted by Crippen LogP contribution is 2.32. The second kappa shape index (κ2) is 6.43. The van der Waals surface area contributed by atoms with Crippen LogP contribution in [0.3, 0.4) is 0 Å². The van der Waals surface area contributed by atoms with Crippen LogP contribution in [0.15, 0.2) is 11.2 Å². The summed E-state index contributed by atoms with van der Waals surface area (Å²) in [6, 6.07) is -0.0186. The van der Waals surface area contributed by atoms with Gasteiger partial charge in [0.05, 0.1) is 12.7 Å². The van der Waals surface area contributed by atoms with Crippen molar-refractivity contribution in [2.24, 2.45) is 7.05 Å². The van der Waals surface area contributed by atoms with E-state index in [1.807, 2.05) is 6.92 Å². The molecule has 2 aromatic rings. The number of hydrogen-bond donors (Lipinski definition) is 0. The van der Waals surface area contributed by atoms with Gasteiger partial charge < -0.3 is 9.30 Å². The van der Waals surface area contributed by atoms with Crippen LogP contribution in [0.5, 0.6) is 0 Å². The number of aromatic nitrogens is 5. The standard InChI is InChI=1S/C16H24N6O3S/c1-11-8-17-20(3)16(11)26(23,24)21-9-12(2)22-14(10-21)18-19-15(22)13-4-6-25-7-5-13/h8,12-13H,4-7,9-10H2,1-3H3/t12-/m0/s1. The van der Waals surface area contributed by atoms with Gasteiger partial charge in [-0.15, -0.1) is 10.2 Å². The number of ether oxygens (including phenoxy) is 1. The molecule has 1 saturated heterocycles. The maximum absolute atomic E-state index is 13.1. The van der Waals surface area contributed by atoms with Crippen LogP contribution in [-0.2, 0) is 28.4 Å². The van der Waals surface area contributed by atoms with Crippen LogP contribution in [0, 0.1) is 6.92 Å². The first-order valence-corrected chi connectivity index (χ1v) is 10.3. The molecule has 4 rings (SSSR count). The predicted octanol–water partition coefficient (Wildman–Crippen LogP) is 0.980. The Kier molecular flexibility index (Phi) is 4.36. The minimum absolute atomic E-state index is 0.0186. The lowest BCUT2D eigenvalue weighted by atomic mass is 9.99. The van der Waals surface area contributed by atoms with Gasteiger partial charge in [-0.25, -0.2) is 8.42 Å². The second-order valence-electron chi connectivity index (χ2n) is 7.13. The molecule has 1 fully saturated rings. The molecule has 0 radical (unpaired) electrons. The van der Waals surface area contributed by atoms with E-state index in [1.165, 1.54) is 8.99 Å². The monoisotopic (exact) mass is 380 g/mol. The van der Waals surface area contributed by atoms with Crippen LogP contribution < -0.4 is 0 Å². The molecule has 2 aromatic heterocycles. The molecule has 0 spiro atoms. The summed E-state index contributed by atoms with van der Waals surface area (Å²) in [5, 5.41) is 13.0. The molecule has 142 valence electrons. The van der Waals surface area contributed by atoms with E-state index < -0.39 is 10.0 Å². The van der Waals surface area contributed by atoms with Crippen molar-refractivity contribution in [3.8, 4) is 0 Å². The molecular formula is C16H24N6O3S. The average Bonchev–Trinajstić information content (AvgIpc) is 3.19. The fourth-order valence-electron chi connectivity index (χ4n) is 3.97. The van der Waals surface area contributed by atoms with E-state index in [1.54, 1.807) is 20.2 Å². The van der Waals surface area contributed by atoms with Gasteiger partial charge in [-0.2, -0.15) is 9.40 Å². The predicted molar refractivity (Wildman–Crippen MR) is 93.1 cm³/mol. The number of rotatable bonds is 3. The minimum atomic E-state index is -3.64. The largest absolute Gasteiger partial charge is 0.381 e. The van der Waals surface area contributed by atoms with E-state index >= 15 is 0 Å². The second-order valence-corrected chi connectivity index (χ2v) is 8.99. The summed E-state index contributed by atoms with van der Waals surface area (Å²) in [5.41, 5.74) is 0.648. The first kappa shape index (κ1) is 17.6. The summed E-state index contributed by atoms with van der Waals surface area (Å²) < 4.78 is 36.8. The highest BCUT2D eigenvalue weighted by atomic mass is 32.2. The van der Waals surface area contributed by atoms with Crippen molar-refractivity contribution in [3.63, 3.8) is 0 Å². The summed E-state index contributed by atoms with van der Waals surface area (Å²) in [4.78, 5) is 0. The van der Waals surface area contributed by atoms with Crippen LogP contribution in [0.4, 0.5) is 0 Å². The molecule has 0 amide bonds. The van der Waals surface area contributed by atoms with Crippen LogP contribution in [-0.4, -0.2) is 57.0 Å². The van der Waals surface area contributed by atoms with Gasteiger partial charge in [-0.05, 0) is 26.7 Å². The van der Waals surface area contributed by atoms with Gasteiger partial charge in [0.25, 0.3) is 10.0 Å². The minimum Gasteiger partial charge on any atom is -0.381 e. The van der Waals surface area contributed by atoms with Gasteiger partial charge in [0.2, 0.25) is 0 Å². The van der Waals surface area contributed by atoms with Gasteiger partial charge in [0.15, 0.2) is 5.03 Å². The van der Waals surface area contributed by atoms with Crippen LogP contribution in [0.1, 0.15) is 48.9 Å². The molecule has 0 saturated carbocycles. The Balaban J connectivity index is 1.66. The Morgan fingerprint density at radius 3 is 2.62 bits per heavy atom. The molecule has 2 aliphatic heterocycles. The van der Waals surface area contributed by atoms with Crippen LogP contribution in [0.25, 0.3) is 0 Å². The summed E-state index contributed by atoms with van der Waals surface area (Å²) in [5.74, 6) is 1.99. The van der Waals surface area contributed by atoms with Crippen molar-refractivity contribution in [2.45, 2.75) is 50.2 Å². The average molecular weight is 380 g/mol.